The van der Waals surface area contributed by atoms with Gasteiger partial charge in [0.2, 0.25) is 5.91 Å². The summed E-state index contributed by atoms with van der Waals surface area (Å²) < 4.78 is 0. The van der Waals surface area contributed by atoms with Crippen molar-refractivity contribution in [1.29, 1.82) is 5.26 Å². The standard InChI is InChI=1S/C19H24N2O2/c1-17(2)13-7-9-19(16(21)23)8-5-4-6-14(19)18(13,3)10-12(11-20)15(17)22/h6,10,13H,4-5,7-9H2,1-3H3,(H2,21,23)/t13?,18?,19-/m0/s1. The van der Waals surface area contributed by atoms with Gasteiger partial charge < -0.3 is 5.73 Å². The van der Waals surface area contributed by atoms with Gasteiger partial charge in [0.1, 0.15) is 6.07 Å². The van der Waals surface area contributed by atoms with E-state index in [1.54, 1.807) is 0 Å². The molecule has 2 unspecified atom stereocenters. The number of nitrogens with zero attached hydrogens (tertiary/aromatic N) is 1. The summed E-state index contributed by atoms with van der Waals surface area (Å²) in [5, 5.41) is 9.42. The zero-order valence-corrected chi connectivity index (χ0v) is 14.1. The molecule has 3 rings (SSSR count). The molecule has 0 aromatic heterocycles. The Balaban J connectivity index is 2.25. The number of ketones is 1. The minimum absolute atomic E-state index is 0.0783. The molecule has 0 saturated heterocycles. The maximum Gasteiger partial charge on any atom is 0.227 e. The number of Topliss-reactive ketones (excluding diaryl/α,β-unsaturated/α-hetero) is 1. The Morgan fingerprint density at radius 2 is 2.04 bits per heavy atom. The summed E-state index contributed by atoms with van der Waals surface area (Å²) in [7, 11) is 0. The maximum atomic E-state index is 12.6. The van der Waals surface area contributed by atoms with Crippen molar-refractivity contribution in [2.75, 3.05) is 0 Å². The van der Waals surface area contributed by atoms with Gasteiger partial charge in [0.15, 0.2) is 5.78 Å². The van der Waals surface area contributed by atoms with Gasteiger partial charge in [0.25, 0.3) is 0 Å². The first-order chi connectivity index (χ1) is 10.7. The predicted molar refractivity (Wildman–Crippen MR) is 86.9 cm³/mol. The van der Waals surface area contributed by atoms with E-state index in [0.29, 0.717) is 6.42 Å². The number of hydrogen-bond donors (Lipinski definition) is 1. The molecule has 0 aromatic carbocycles. The van der Waals surface area contributed by atoms with Crippen LogP contribution in [0.2, 0.25) is 0 Å². The molecule has 1 saturated carbocycles. The first-order valence-electron chi connectivity index (χ1n) is 8.39. The fourth-order valence-corrected chi connectivity index (χ4v) is 5.48. The smallest absolute Gasteiger partial charge is 0.227 e. The molecule has 2 N–H and O–H groups in total. The van der Waals surface area contributed by atoms with Crippen LogP contribution < -0.4 is 5.73 Å². The summed E-state index contributed by atoms with van der Waals surface area (Å²) in [5.41, 5.74) is 5.45. The Morgan fingerprint density at radius 1 is 1.35 bits per heavy atom. The third-order valence-electron chi connectivity index (χ3n) is 6.57. The highest BCUT2D eigenvalue weighted by molar-refractivity contribution is 6.04. The molecule has 0 bridgehead atoms. The SMILES string of the molecule is CC1(C)C(=O)C(C#N)=CC2(C)C3=CCCC[C@]3(C(N)=O)CCC12. The number of allylic oxidation sites excluding steroid dienone is 3. The second-order valence-electron chi connectivity index (χ2n) is 8.05. The van der Waals surface area contributed by atoms with Gasteiger partial charge in [0.05, 0.1) is 11.0 Å². The van der Waals surface area contributed by atoms with Crippen LogP contribution in [-0.4, -0.2) is 11.7 Å². The number of primary amides is 1. The number of nitrogens with two attached hydrogens (primary N) is 1. The van der Waals surface area contributed by atoms with Crippen molar-refractivity contribution in [3.63, 3.8) is 0 Å². The minimum Gasteiger partial charge on any atom is -0.369 e. The molecule has 1 fully saturated rings. The van der Waals surface area contributed by atoms with Crippen molar-refractivity contribution in [1.82, 2.24) is 0 Å². The van der Waals surface area contributed by atoms with Crippen LogP contribution in [0.5, 0.6) is 0 Å². The van der Waals surface area contributed by atoms with Crippen molar-refractivity contribution < 1.29 is 9.59 Å². The van der Waals surface area contributed by atoms with Crippen LogP contribution >= 0.6 is 0 Å². The van der Waals surface area contributed by atoms with E-state index in [2.05, 4.69) is 19.1 Å². The molecule has 23 heavy (non-hydrogen) atoms. The van der Waals surface area contributed by atoms with Gasteiger partial charge in [-0.3, -0.25) is 9.59 Å². The summed E-state index contributed by atoms with van der Waals surface area (Å²) in [6, 6.07) is 2.07. The monoisotopic (exact) mass is 312 g/mol. The van der Waals surface area contributed by atoms with Gasteiger partial charge in [-0.2, -0.15) is 5.26 Å². The van der Waals surface area contributed by atoms with Crippen molar-refractivity contribution >= 4 is 11.7 Å². The minimum atomic E-state index is -0.601. The number of carbonyl (C=O) groups is 2. The Bertz CT molecular complexity index is 695. The third-order valence-corrected chi connectivity index (χ3v) is 6.57. The molecule has 0 heterocycles. The Hall–Kier alpha value is -1.89. The zero-order chi connectivity index (χ0) is 17.0. The van der Waals surface area contributed by atoms with E-state index >= 15 is 0 Å². The topological polar surface area (TPSA) is 83.9 Å². The molecule has 0 radical (unpaired) electrons. The van der Waals surface area contributed by atoms with Crippen LogP contribution in [0.25, 0.3) is 0 Å². The van der Waals surface area contributed by atoms with Gasteiger partial charge >= 0.3 is 0 Å². The van der Waals surface area contributed by atoms with E-state index in [1.165, 1.54) is 0 Å². The van der Waals surface area contributed by atoms with E-state index in [-0.39, 0.29) is 23.2 Å². The quantitative estimate of drug-likeness (QED) is 0.755. The highest BCUT2D eigenvalue weighted by Gasteiger charge is 2.60. The highest BCUT2D eigenvalue weighted by Crippen LogP contribution is 2.64. The van der Waals surface area contributed by atoms with Gasteiger partial charge in [-0.1, -0.05) is 32.9 Å². The summed E-state index contributed by atoms with van der Waals surface area (Å²) in [6.45, 7) is 5.95. The summed E-state index contributed by atoms with van der Waals surface area (Å²) in [5.74, 6) is -0.244. The van der Waals surface area contributed by atoms with Crippen LogP contribution in [0.4, 0.5) is 0 Å². The predicted octanol–water partition coefficient (Wildman–Crippen LogP) is 3.04. The Morgan fingerprint density at radius 3 is 2.65 bits per heavy atom. The fourth-order valence-electron chi connectivity index (χ4n) is 5.48. The summed E-state index contributed by atoms with van der Waals surface area (Å²) in [6.07, 6.45) is 8.13. The zero-order valence-electron chi connectivity index (χ0n) is 14.1. The summed E-state index contributed by atoms with van der Waals surface area (Å²) in [4.78, 5) is 25.0. The molecular weight excluding hydrogens is 288 g/mol. The van der Waals surface area contributed by atoms with Crippen molar-refractivity contribution in [3.05, 3.63) is 23.3 Å². The van der Waals surface area contributed by atoms with E-state index in [0.717, 1.165) is 31.3 Å². The van der Waals surface area contributed by atoms with E-state index in [4.69, 9.17) is 5.73 Å². The second-order valence-corrected chi connectivity index (χ2v) is 8.05. The lowest BCUT2D eigenvalue weighted by Gasteiger charge is -2.57. The van der Waals surface area contributed by atoms with Crippen LogP contribution in [-0.2, 0) is 9.59 Å². The molecule has 122 valence electrons. The average Bonchev–Trinajstić information content (AvgIpc) is 2.51. The largest absolute Gasteiger partial charge is 0.369 e. The highest BCUT2D eigenvalue weighted by atomic mass is 16.1. The van der Waals surface area contributed by atoms with Crippen LogP contribution in [0.1, 0.15) is 52.9 Å². The molecule has 4 heteroatoms. The number of hydrogen-bond acceptors (Lipinski definition) is 3. The van der Waals surface area contributed by atoms with Crippen molar-refractivity contribution in [2.45, 2.75) is 52.9 Å². The Kier molecular flexibility index (Phi) is 3.34. The number of carbonyl (C=O) groups excluding carboxylic acids is 2. The lowest BCUT2D eigenvalue weighted by Crippen LogP contribution is -2.56. The number of rotatable bonds is 1. The lowest BCUT2D eigenvalue weighted by molar-refractivity contribution is -0.135. The first-order valence-corrected chi connectivity index (χ1v) is 8.39. The average molecular weight is 312 g/mol. The molecule has 4 nitrogen and oxygen atoms in total. The van der Waals surface area contributed by atoms with Gasteiger partial charge in [-0.25, -0.2) is 0 Å². The van der Waals surface area contributed by atoms with Gasteiger partial charge in [-0.05, 0) is 43.6 Å². The number of nitriles is 1. The fraction of sp³-hybridized carbons (Fsp3) is 0.632. The number of fused-ring (bicyclic) bond motifs is 3. The molecule has 0 spiro atoms. The van der Waals surface area contributed by atoms with Gasteiger partial charge in [-0.15, -0.1) is 0 Å². The lowest BCUT2D eigenvalue weighted by atomic mass is 9.44. The molecule has 0 aliphatic heterocycles. The molecule has 3 aliphatic rings. The van der Waals surface area contributed by atoms with Crippen LogP contribution in [0, 0.1) is 33.5 Å². The maximum absolute atomic E-state index is 12.6. The molecule has 3 aliphatic carbocycles. The second kappa shape index (κ2) is 4.80. The molecule has 0 aromatic rings. The molecular formula is C19H24N2O2. The van der Waals surface area contributed by atoms with E-state index < -0.39 is 16.2 Å². The molecule has 3 atom stereocenters. The van der Waals surface area contributed by atoms with Crippen molar-refractivity contribution in [2.24, 2.45) is 27.9 Å². The number of amides is 1. The van der Waals surface area contributed by atoms with Gasteiger partial charge in [0, 0.05) is 10.8 Å². The van der Waals surface area contributed by atoms with Crippen LogP contribution in [0.15, 0.2) is 23.3 Å². The third kappa shape index (κ3) is 1.89. The van der Waals surface area contributed by atoms with E-state index in [9.17, 15) is 14.9 Å². The molecule has 1 amide bonds. The normalized spacial score (nSPS) is 38.5. The Labute approximate surface area is 137 Å². The van der Waals surface area contributed by atoms with Crippen molar-refractivity contribution in [3.8, 4) is 6.07 Å². The van der Waals surface area contributed by atoms with E-state index in [1.807, 2.05) is 19.9 Å². The van der Waals surface area contributed by atoms with Crippen LogP contribution in [0.3, 0.4) is 0 Å². The summed E-state index contributed by atoms with van der Waals surface area (Å²) >= 11 is 0. The first kappa shape index (κ1) is 16.0.